The summed E-state index contributed by atoms with van der Waals surface area (Å²) in [5.41, 5.74) is 0.210. The molecular weight excluding hydrogens is 444 g/mol. The van der Waals surface area contributed by atoms with Gasteiger partial charge in [-0.25, -0.2) is 0 Å². The molecule has 1 aromatic heterocycles. The number of carbonyl (C=O) groups excluding carboxylic acids is 3. The van der Waals surface area contributed by atoms with E-state index in [0.717, 1.165) is 44.2 Å². The largest absolute Gasteiger partial charge is 0.349 e. The maximum atomic E-state index is 13.4. The van der Waals surface area contributed by atoms with Crippen LogP contribution in [0.1, 0.15) is 78.1 Å². The van der Waals surface area contributed by atoms with Gasteiger partial charge in [-0.05, 0) is 37.8 Å². The van der Waals surface area contributed by atoms with Crippen molar-refractivity contribution in [2.24, 2.45) is 0 Å². The van der Waals surface area contributed by atoms with E-state index in [1.807, 2.05) is 34.9 Å². The predicted molar refractivity (Wildman–Crippen MR) is 133 cm³/mol. The fourth-order valence-corrected chi connectivity index (χ4v) is 5.08. The van der Waals surface area contributed by atoms with E-state index in [-0.39, 0.29) is 35.7 Å². The SMILES string of the molecule is O=C(NC1CCCCCC1)c1cn(C2CC2)cc(C(=O)N2CCN(c3ccccc3)C(=O)C2)c1=O. The van der Waals surface area contributed by atoms with Gasteiger partial charge in [-0.2, -0.15) is 0 Å². The van der Waals surface area contributed by atoms with Crippen molar-refractivity contribution in [1.29, 1.82) is 0 Å². The Labute approximate surface area is 204 Å². The quantitative estimate of drug-likeness (QED) is 0.672. The van der Waals surface area contributed by atoms with Crippen LogP contribution in [0.4, 0.5) is 5.69 Å². The number of nitrogens with one attached hydrogen (secondary N) is 1. The van der Waals surface area contributed by atoms with E-state index >= 15 is 0 Å². The van der Waals surface area contributed by atoms with Crippen molar-refractivity contribution >= 4 is 23.4 Å². The maximum absolute atomic E-state index is 13.4. The second kappa shape index (κ2) is 10.1. The minimum atomic E-state index is -0.559. The zero-order chi connectivity index (χ0) is 24.4. The van der Waals surface area contributed by atoms with Crippen LogP contribution in [-0.4, -0.2) is 52.9 Å². The highest BCUT2D eigenvalue weighted by atomic mass is 16.2. The summed E-state index contributed by atoms with van der Waals surface area (Å²) >= 11 is 0. The molecule has 2 saturated carbocycles. The highest BCUT2D eigenvalue weighted by Gasteiger charge is 2.32. The average molecular weight is 477 g/mol. The lowest BCUT2D eigenvalue weighted by molar-refractivity contribution is -0.120. The summed E-state index contributed by atoms with van der Waals surface area (Å²) in [6, 6.07) is 9.60. The summed E-state index contributed by atoms with van der Waals surface area (Å²) in [5, 5.41) is 3.04. The van der Waals surface area contributed by atoms with Gasteiger partial charge < -0.3 is 19.7 Å². The number of pyridine rings is 1. The Morgan fingerprint density at radius 3 is 2.17 bits per heavy atom. The lowest BCUT2D eigenvalue weighted by Gasteiger charge is -2.34. The molecule has 3 aliphatic rings. The predicted octanol–water partition coefficient (Wildman–Crippen LogP) is 3.12. The first-order chi connectivity index (χ1) is 17.0. The molecule has 0 spiro atoms. The molecule has 8 nitrogen and oxygen atoms in total. The van der Waals surface area contributed by atoms with Gasteiger partial charge in [-0.3, -0.25) is 19.2 Å². The monoisotopic (exact) mass is 476 g/mol. The number of piperazine rings is 1. The second-order valence-corrected chi connectivity index (χ2v) is 9.86. The Hall–Kier alpha value is -3.42. The van der Waals surface area contributed by atoms with E-state index in [9.17, 15) is 19.2 Å². The topological polar surface area (TPSA) is 91.7 Å². The van der Waals surface area contributed by atoms with Crippen molar-refractivity contribution in [2.75, 3.05) is 24.5 Å². The van der Waals surface area contributed by atoms with Gasteiger partial charge in [0.15, 0.2) is 0 Å². The average Bonchev–Trinajstić information content (AvgIpc) is 3.73. The summed E-state index contributed by atoms with van der Waals surface area (Å²) in [6.07, 6.45) is 11.4. The summed E-state index contributed by atoms with van der Waals surface area (Å²) < 4.78 is 1.83. The van der Waals surface area contributed by atoms with E-state index in [0.29, 0.717) is 13.1 Å². The highest BCUT2D eigenvalue weighted by molar-refractivity contribution is 6.03. The van der Waals surface area contributed by atoms with Crippen molar-refractivity contribution in [3.8, 4) is 0 Å². The Balaban J connectivity index is 1.37. The number of carbonyl (C=O) groups is 3. The number of anilines is 1. The molecule has 184 valence electrons. The Morgan fingerprint density at radius 1 is 0.829 bits per heavy atom. The van der Waals surface area contributed by atoms with E-state index in [2.05, 4.69) is 5.32 Å². The highest BCUT2D eigenvalue weighted by Crippen LogP contribution is 2.34. The van der Waals surface area contributed by atoms with Gasteiger partial charge in [0.05, 0.1) is 0 Å². The summed E-state index contributed by atoms with van der Waals surface area (Å²) in [5.74, 6) is -1.09. The molecule has 35 heavy (non-hydrogen) atoms. The normalized spacial score (nSPS) is 19.4. The zero-order valence-corrected chi connectivity index (χ0v) is 19.9. The van der Waals surface area contributed by atoms with Crippen molar-refractivity contribution in [2.45, 2.75) is 63.5 Å². The molecule has 0 radical (unpaired) electrons. The third-order valence-corrected chi connectivity index (χ3v) is 7.26. The minimum Gasteiger partial charge on any atom is -0.349 e. The first-order valence-electron chi connectivity index (χ1n) is 12.7. The van der Waals surface area contributed by atoms with Crippen molar-refractivity contribution in [3.05, 3.63) is 64.1 Å². The molecule has 1 N–H and O–H groups in total. The molecule has 5 rings (SSSR count). The maximum Gasteiger partial charge on any atom is 0.259 e. The van der Waals surface area contributed by atoms with Crippen molar-refractivity contribution < 1.29 is 14.4 Å². The number of rotatable bonds is 5. The fraction of sp³-hybridized carbons (Fsp3) is 0.481. The Morgan fingerprint density at radius 2 is 1.51 bits per heavy atom. The van der Waals surface area contributed by atoms with E-state index < -0.39 is 17.2 Å². The lowest BCUT2D eigenvalue weighted by Crippen LogP contribution is -2.53. The molecule has 3 amide bonds. The summed E-state index contributed by atoms with van der Waals surface area (Å²) in [6.45, 7) is 0.573. The van der Waals surface area contributed by atoms with Crippen LogP contribution in [0, 0.1) is 0 Å². The molecular formula is C27H32N4O4. The van der Waals surface area contributed by atoms with Crippen molar-refractivity contribution in [3.63, 3.8) is 0 Å². The van der Waals surface area contributed by atoms with Gasteiger partial charge in [0.1, 0.15) is 17.7 Å². The first kappa shape index (κ1) is 23.3. The van der Waals surface area contributed by atoms with Gasteiger partial charge in [0.2, 0.25) is 11.3 Å². The molecule has 1 saturated heterocycles. The third kappa shape index (κ3) is 5.16. The fourth-order valence-electron chi connectivity index (χ4n) is 5.08. The Bertz CT molecular complexity index is 1160. The Kier molecular flexibility index (Phi) is 6.70. The molecule has 2 aromatic rings. The third-order valence-electron chi connectivity index (χ3n) is 7.26. The number of para-hydroxylation sites is 1. The lowest BCUT2D eigenvalue weighted by atomic mass is 10.1. The van der Waals surface area contributed by atoms with Crippen LogP contribution in [0.2, 0.25) is 0 Å². The van der Waals surface area contributed by atoms with Gasteiger partial charge in [0.25, 0.3) is 11.8 Å². The number of hydrogen-bond acceptors (Lipinski definition) is 4. The molecule has 0 unspecified atom stereocenters. The molecule has 2 aliphatic carbocycles. The molecule has 0 atom stereocenters. The smallest absolute Gasteiger partial charge is 0.259 e. The van der Waals surface area contributed by atoms with Gasteiger partial charge in [-0.1, -0.05) is 43.9 Å². The van der Waals surface area contributed by atoms with Crippen LogP contribution in [0.5, 0.6) is 0 Å². The number of nitrogens with zero attached hydrogens (tertiary/aromatic N) is 3. The van der Waals surface area contributed by atoms with E-state index in [1.54, 1.807) is 17.3 Å². The van der Waals surface area contributed by atoms with E-state index in [1.165, 1.54) is 17.7 Å². The first-order valence-corrected chi connectivity index (χ1v) is 12.7. The molecule has 1 aromatic carbocycles. The number of benzene rings is 1. The summed E-state index contributed by atoms with van der Waals surface area (Å²) in [7, 11) is 0. The van der Waals surface area contributed by atoms with Crippen LogP contribution in [0.15, 0.2) is 47.5 Å². The van der Waals surface area contributed by atoms with Crippen LogP contribution < -0.4 is 15.6 Å². The summed E-state index contributed by atoms with van der Waals surface area (Å²) in [4.78, 5) is 55.8. The number of aromatic nitrogens is 1. The van der Waals surface area contributed by atoms with Crippen LogP contribution >= 0.6 is 0 Å². The van der Waals surface area contributed by atoms with Crippen LogP contribution in [0.3, 0.4) is 0 Å². The van der Waals surface area contributed by atoms with Crippen LogP contribution in [-0.2, 0) is 4.79 Å². The molecule has 3 fully saturated rings. The molecule has 0 bridgehead atoms. The minimum absolute atomic E-state index is 0.0150. The number of hydrogen-bond donors (Lipinski definition) is 1. The molecule has 2 heterocycles. The van der Waals surface area contributed by atoms with E-state index in [4.69, 9.17) is 0 Å². The van der Waals surface area contributed by atoms with Gasteiger partial charge in [0, 0.05) is 43.3 Å². The molecule has 1 aliphatic heterocycles. The molecule has 8 heteroatoms. The standard InChI is InChI=1S/C27H32N4O4/c32-24-18-29(14-15-31(24)21-10-6-3-7-11-21)27(35)23-17-30(20-12-13-20)16-22(25(23)33)26(34)28-19-8-4-1-2-5-9-19/h3,6-7,10-11,16-17,19-20H,1-2,4-5,8-9,12-15,18H2,(H,28,34). The second-order valence-electron chi connectivity index (χ2n) is 9.86. The van der Waals surface area contributed by atoms with Gasteiger partial charge in [-0.15, -0.1) is 0 Å². The van der Waals surface area contributed by atoms with Crippen molar-refractivity contribution in [1.82, 2.24) is 14.8 Å². The number of amides is 3. The van der Waals surface area contributed by atoms with Crippen LogP contribution in [0.25, 0.3) is 0 Å². The van der Waals surface area contributed by atoms with Gasteiger partial charge >= 0.3 is 0 Å². The zero-order valence-electron chi connectivity index (χ0n) is 19.9.